The summed E-state index contributed by atoms with van der Waals surface area (Å²) in [6.07, 6.45) is 4.16. The molecule has 5 atom stereocenters. The number of benzene rings is 2. The lowest BCUT2D eigenvalue weighted by Crippen LogP contribution is -2.50. The Labute approximate surface area is 254 Å². The second-order valence-electron chi connectivity index (χ2n) is 11.4. The van der Waals surface area contributed by atoms with E-state index < -0.39 is 24.1 Å². The second kappa shape index (κ2) is 13.0. The van der Waals surface area contributed by atoms with Gasteiger partial charge in [-0.3, -0.25) is 19.5 Å². The van der Waals surface area contributed by atoms with Gasteiger partial charge in [-0.15, -0.1) is 0 Å². The standard InChI is InChI=1S/C32H34ClFN4O5/c33-25-5-1-19(13-26(25)34)17-38-18-22-15-27(38)32(41)36-16-30-28(39)6-3-23(43-30)9-12-42-29-14-21(20-7-10-35-11-8-20)2-4-24(29)31(40)37-22/h1-2,4-5,7-8,10-11,13-14,22-23,27-28,30,39H,3,6,9,12,15-18H2,(H,36,41)(H,37,40)/t22-,23-,27-,28-,30+/m0/s1. The van der Waals surface area contributed by atoms with Gasteiger partial charge in [-0.1, -0.05) is 23.7 Å². The van der Waals surface area contributed by atoms with E-state index in [4.69, 9.17) is 21.1 Å². The van der Waals surface area contributed by atoms with Crippen LogP contribution in [0.5, 0.6) is 5.75 Å². The van der Waals surface area contributed by atoms with Crippen LogP contribution in [0.2, 0.25) is 5.02 Å². The number of aliphatic hydroxyl groups is 1. The van der Waals surface area contributed by atoms with Crippen molar-refractivity contribution in [1.82, 2.24) is 20.5 Å². The van der Waals surface area contributed by atoms with Gasteiger partial charge in [-0.05, 0) is 72.4 Å². The van der Waals surface area contributed by atoms with E-state index in [1.54, 1.807) is 24.5 Å². The third-order valence-corrected chi connectivity index (χ3v) is 8.71. The maximum absolute atomic E-state index is 14.2. The molecule has 3 aromatic rings. The smallest absolute Gasteiger partial charge is 0.255 e. The van der Waals surface area contributed by atoms with Gasteiger partial charge in [0.1, 0.15) is 17.7 Å². The second-order valence-corrected chi connectivity index (χ2v) is 11.8. The van der Waals surface area contributed by atoms with Crippen molar-refractivity contribution in [2.24, 2.45) is 0 Å². The minimum Gasteiger partial charge on any atom is -0.493 e. The number of carbonyl (C=O) groups is 2. The molecule has 4 heterocycles. The van der Waals surface area contributed by atoms with Crippen LogP contribution in [-0.2, 0) is 16.1 Å². The molecule has 2 fully saturated rings. The van der Waals surface area contributed by atoms with Crippen LogP contribution in [0.25, 0.3) is 11.1 Å². The van der Waals surface area contributed by atoms with Crippen molar-refractivity contribution in [2.45, 2.75) is 62.6 Å². The van der Waals surface area contributed by atoms with Gasteiger partial charge < -0.3 is 25.2 Å². The summed E-state index contributed by atoms with van der Waals surface area (Å²) in [5, 5.41) is 16.7. The lowest BCUT2D eigenvalue weighted by molar-refractivity contribution is -0.133. The monoisotopic (exact) mass is 608 g/mol. The minimum atomic E-state index is -0.691. The number of pyridine rings is 1. The Kier molecular flexibility index (Phi) is 8.90. The first-order chi connectivity index (χ1) is 20.8. The van der Waals surface area contributed by atoms with Crippen LogP contribution in [0.3, 0.4) is 0 Å². The molecule has 9 nitrogen and oxygen atoms in total. The number of halogens is 2. The Bertz CT molecular complexity index is 1480. The molecule has 0 aliphatic carbocycles. The third kappa shape index (κ3) is 6.83. The van der Waals surface area contributed by atoms with Crippen LogP contribution in [0.15, 0.2) is 60.9 Å². The first-order valence-electron chi connectivity index (χ1n) is 14.6. The summed E-state index contributed by atoms with van der Waals surface area (Å²) >= 11 is 5.88. The number of ether oxygens (including phenoxy) is 2. The zero-order valence-corrected chi connectivity index (χ0v) is 24.3. The summed E-state index contributed by atoms with van der Waals surface area (Å²) in [6, 6.07) is 12.9. The molecule has 3 aliphatic rings. The summed E-state index contributed by atoms with van der Waals surface area (Å²) in [6.45, 7) is 1.14. The molecule has 0 radical (unpaired) electrons. The molecule has 0 saturated carbocycles. The van der Waals surface area contributed by atoms with Crippen molar-refractivity contribution < 1.29 is 28.6 Å². The molecule has 11 heteroatoms. The molecule has 2 aromatic carbocycles. The average molecular weight is 609 g/mol. The molecule has 6 rings (SSSR count). The number of carbonyl (C=O) groups excluding carboxylic acids is 2. The molecule has 3 aliphatic heterocycles. The van der Waals surface area contributed by atoms with Gasteiger partial charge in [-0.25, -0.2) is 4.39 Å². The molecule has 0 unspecified atom stereocenters. The van der Waals surface area contributed by atoms with Crippen molar-refractivity contribution in [3.63, 3.8) is 0 Å². The zero-order valence-electron chi connectivity index (χ0n) is 23.5. The highest BCUT2D eigenvalue weighted by Crippen LogP contribution is 2.30. The van der Waals surface area contributed by atoms with E-state index in [9.17, 15) is 19.1 Å². The SMILES string of the molecule is O=C1N[C@H]2C[C@@H](C(=O)NC[C@H]3O[C@H](CCOc4cc(-c5ccncc5)ccc41)CC[C@@H]3O)N(Cc1ccc(Cl)c(F)c1)C2. The fourth-order valence-corrected chi connectivity index (χ4v) is 6.23. The van der Waals surface area contributed by atoms with Crippen molar-refractivity contribution in [2.75, 3.05) is 19.7 Å². The molecular formula is C32H34ClFN4O5. The molecule has 226 valence electrons. The van der Waals surface area contributed by atoms with Crippen molar-refractivity contribution in [1.29, 1.82) is 0 Å². The highest BCUT2D eigenvalue weighted by Gasteiger charge is 2.39. The van der Waals surface area contributed by atoms with E-state index in [1.807, 2.05) is 29.2 Å². The third-order valence-electron chi connectivity index (χ3n) is 8.41. The van der Waals surface area contributed by atoms with Gasteiger partial charge in [0.2, 0.25) is 5.91 Å². The van der Waals surface area contributed by atoms with Gasteiger partial charge in [0, 0.05) is 44.5 Å². The van der Waals surface area contributed by atoms with Crippen molar-refractivity contribution in [3.8, 4) is 16.9 Å². The topological polar surface area (TPSA) is 113 Å². The Morgan fingerprint density at radius 1 is 1.05 bits per heavy atom. The number of fused-ring (bicyclic) bond motifs is 5. The Morgan fingerprint density at radius 2 is 1.88 bits per heavy atom. The number of likely N-dealkylation sites (tertiary alicyclic amines) is 1. The highest BCUT2D eigenvalue weighted by atomic mass is 35.5. The maximum atomic E-state index is 14.2. The lowest BCUT2D eigenvalue weighted by Gasteiger charge is -2.34. The summed E-state index contributed by atoms with van der Waals surface area (Å²) in [5.74, 6) is -0.617. The van der Waals surface area contributed by atoms with Crippen LogP contribution in [0.1, 0.15) is 41.6 Å². The molecule has 2 amide bonds. The van der Waals surface area contributed by atoms with E-state index in [0.29, 0.717) is 55.7 Å². The normalized spacial score (nSPS) is 26.6. The number of nitrogens with one attached hydrogen (secondary N) is 2. The van der Waals surface area contributed by atoms with E-state index in [-0.39, 0.29) is 42.1 Å². The summed E-state index contributed by atoms with van der Waals surface area (Å²) < 4.78 is 26.6. The quantitative estimate of drug-likeness (QED) is 0.415. The molecule has 3 N–H and O–H groups in total. The fourth-order valence-electron chi connectivity index (χ4n) is 6.11. The van der Waals surface area contributed by atoms with E-state index in [1.165, 1.54) is 12.1 Å². The number of aromatic nitrogens is 1. The fraction of sp³-hybridized carbons (Fsp3) is 0.406. The summed E-state index contributed by atoms with van der Waals surface area (Å²) in [5.41, 5.74) is 2.88. The van der Waals surface area contributed by atoms with Crippen molar-refractivity contribution in [3.05, 3.63) is 82.9 Å². The Morgan fingerprint density at radius 3 is 2.70 bits per heavy atom. The number of rotatable bonds is 3. The molecule has 0 spiro atoms. The number of hydrogen-bond donors (Lipinski definition) is 3. The van der Waals surface area contributed by atoms with Gasteiger partial charge >= 0.3 is 0 Å². The van der Waals surface area contributed by atoms with Gasteiger partial charge in [0.25, 0.3) is 5.91 Å². The minimum absolute atomic E-state index is 0.0271. The number of aliphatic hydroxyl groups excluding tert-OH is 1. The molecule has 1 aromatic heterocycles. The predicted octanol–water partition coefficient (Wildman–Crippen LogP) is 3.72. The first-order valence-corrected chi connectivity index (χ1v) is 15.0. The first kappa shape index (κ1) is 29.5. The average Bonchev–Trinajstić information content (AvgIpc) is 3.40. The van der Waals surface area contributed by atoms with Crippen molar-refractivity contribution >= 4 is 23.4 Å². The van der Waals surface area contributed by atoms with E-state index in [2.05, 4.69) is 15.6 Å². The molecule has 43 heavy (non-hydrogen) atoms. The molecule has 4 bridgehead atoms. The number of hydrogen-bond acceptors (Lipinski definition) is 7. The van der Waals surface area contributed by atoms with E-state index in [0.717, 1.165) is 11.1 Å². The molecule has 2 saturated heterocycles. The molecular weight excluding hydrogens is 575 g/mol. The number of nitrogens with zero attached hydrogens (tertiary/aromatic N) is 2. The van der Waals surface area contributed by atoms with Crippen LogP contribution in [-0.4, -0.2) is 76.9 Å². The highest BCUT2D eigenvalue weighted by molar-refractivity contribution is 6.30. The Balaban J connectivity index is 1.29. The maximum Gasteiger partial charge on any atom is 0.255 e. The lowest BCUT2D eigenvalue weighted by atomic mass is 9.99. The summed E-state index contributed by atoms with van der Waals surface area (Å²) in [4.78, 5) is 33.1. The van der Waals surface area contributed by atoms with E-state index >= 15 is 0 Å². The van der Waals surface area contributed by atoms with Crippen LogP contribution >= 0.6 is 11.6 Å². The van der Waals surface area contributed by atoms with Gasteiger partial charge in [0.15, 0.2) is 0 Å². The largest absolute Gasteiger partial charge is 0.493 e. The van der Waals surface area contributed by atoms with Crippen LogP contribution in [0, 0.1) is 5.82 Å². The zero-order chi connectivity index (χ0) is 29.9. The Hall–Kier alpha value is -3.57. The summed E-state index contributed by atoms with van der Waals surface area (Å²) in [7, 11) is 0. The van der Waals surface area contributed by atoms with Gasteiger partial charge in [0.05, 0.1) is 35.4 Å². The van der Waals surface area contributed by atoms with Crippen LogP contribution < -0.4 is 15.4 Å². The van der Waals surface area contributed by atoms with Crippen LogP contribution in [0.4, 0.5) is 4.39 Å². The predicted molar refractivity (Wildman–Crippen MR) is 158 cm³/mol. The van der Waals surface area contributed by atoms with Gasteiger partial charge in [-0.2, -0.15) is 0 Å². The number of amides is 2.